The van der Waals surface area contributed by atoms with E-state index in [0.717, 1.165) is 44.6 Å². The van der Waals surface area contributed by atoms with Crippen LogP contribution in [-0.4, -0.2) is 5.84 Å². The Labute approximate surface area is 239 Å². The van der Waals surface area contributed by atoms with Gasteiger partial charge in [0.15, 0.2) is 0 Å². The molecule has 6 aromatic rings. The Morgan fingerprint density at radius 1 is 0.512 bits per heavy atom. The van der Waals surface area contributed by atoms with E-state index >= 15 is 0 Å². The minimum atomic E-state index is -0.236. The highest BCUT2D eigenvalue weighted by Crippen LogP contribution is 2.37. The van der Waals surface area contributed by atoms with E-state index in [9.17, 15) is 4.39 Å². The molecule has 0 fully saturated rings. The first-order valence-corrected chi connectivity index (χ1v) is 13.8. The van der Waals surface area contributed by atoms with Crippen LogP contribution in [0.4, 0.5) is 4.39 Å². The summed E-state index contributed by atoms with van der Waals surface area (Å²) in [6.07, 6.45) is 2.22. The van der Waals surface area contributed by atoms with Crippen molar-refractivity contribution in [3.63, 3.8) is 0 Å². The Kier molecular flexibility index (Phi) is 6.46. The Morgan fingerprint density at radius 2 is 1.12 bits per heavy atom. The molecule has 1 heterocycles. The summed E-state index contributed by atoms with van der Waals surface area (Å²) in [5.74, 6) is 0.601. The van der Waals surface area contributed by atoms with Gasteiger partial charge in [-0.1, -0.05) is 127 Å². The summed E-state index contributed by atoms with van der Waals surface area (Å²) in [7, 11) is 0. The molecule has 1 aliphatic rings. The number of hydrogen-bond acceptors (Lipinski definition) is 2. The quantitative estimate of drug-likeness (QED) is 0.236. The van der Waals surface area contributed by atoms with Crippen molar-refractivity contribution in [2.24, 2.45) is 4.99 Å². The summed E-state index contributed by atoms with van der Waals surface area (Å²) in [5.41, 5.74) is 8.60. The Bertz CT molecular complexity index is 1910. The third-order valence-corrected chi connectivity index (χ3v) is 7.60. The van der Waals surface area contributed by atoms with Crippen molar-refractivity contribution >= 4 is 22.3 Å². The van der Waals surface area contributed by atoms with Gasteiger partial charge in [-0.15, -0.1) is 0 Å². The number of amidine groups is 1. The van der Waals surface area contributed by atoms with Gasteiger partial charge in [0.2, 0.25) is 0 Å². The molecule has 7 rings (SSSR count). The van der Waals surface area contributed by atoms with Crippen molar-refractivity contribution in [3.05, 3.63) is 174 Å². The molecule has 6 aromatic carbocycles. The first-order valence-electron chi connectivity index (χ1n) is 13.8. The van der Waals surface area contributed by atoms with Crippen molar-refractivity contribution in [2.45, 2.75) is 6.04 Å². The van der Waals surface area contributed by atoms with Crippen LogP contribution in [0.2, 0.25) is 0 Å². The number of benzene rings is 6. The predicted octanol–water partition coefficient (Wildman–Crippen LogP) is 9.45. The first kappa shape index (κ1) is 24.7. The zero-order valence-corrected chi connectivity index (χ0v) is 22.3. The van der Waals surface area contributed by atoms with Crippen LogP contribution >= 0.6 is 0 Å². The molecular formula is C38H27FN2. The maximum absolute atomic E-state index is 13.7. The lowest BCUT2D eigenvalue weighted by molar-refractivity contribution is 0.628. The second-order valence-electron chi connectivity index (χ2n) is 10.2. The van der Waals surface area contributed by atoms with Crippen LogP contribution in [0, 0.1) is 5.82 Å². The molecule has 1 unspecified atom stereocenters. The third-order valence-electron chi connectivity index (χ3n) is 7.60. The summed E-state index contributed by atoms with van der Waals surface area (Å²) in [6.45, 7) is 0. The monoisotopic (exact) mass is 530 g/mol. The number of fused-ring (bicyclic) bond motifs is 1. The van der Waals surface area contributed by atoms with E-state index in [2.05, 4.69) is 102 Å². The van der Waals surface area contributed by atoms with Crippen molar-refractivity contribution in [2.75, 3.05) is 0 Å². The number of halogens is 1. The molecule has 0 spiro atoms. The van der Waals surface area contributed by atoms with E-state index in [4.69, 9.17) is 4.99 Å². The zero-order valence-electron chi connectivity index (χ0n) is 22.3. The molecule has 0 aliphatic carbocycles. The minimum Gasteiger partial charge on any atom is -0.359 e. The van der Waals surface area contributed by atoms with E-state index in [1.807, 2.05) is 42.5 Å². The molecule has 0 saturated heterocycles. The summed E-state index contributed by atoms with van der Waals surface area (Å²) >= 11 is 0. The van der Waals surface area contributed by atoms with Crippen LogP contribution in [0.25, 0.3) is 38.7 Å². The summed E-state index contributed by atoms with van der Waals surface area (Å²) in [5, 5.41) is 5.91. The molecule has 1 atom stereocenters. The lowest BCUT2D eigenvalue weighted by atomic mass is 9.92. The van der Waals surface area contributed by atoms with E-state index in [1.165, 1.54) is 28.8 Å². The lowest BCUT2D eigenvalue weighted by Gasteiger charge is -2.25. The summed E-state index contributed by atoms with van der Waals surface area (Å²) < 4.78 is 13.7. The standard InChI is InChI=1S/C38H27FN2/c39-31-20-18-27(19-21-31)32-22-23-35(34-17-8-7-16-33(32)34)37-25-36(40-38(41-37)28-12-5-2-6-13-28)30-15-9-14-29(24-30)26-10-3-1-4-11-26/h1-25,36H,(H,40,41). The predicted molar refractivity (Wildman–Crippen MR) is 168 cm³/mol. The molecule has 0 saturated carbocycles. The number of aliphatic imine (C=N–C) groups is 1. The molecule has 0 aromatic heterocycles. The van der Waals surface area contributed by atoms with Crippen molar-refractivity contribution in [3.8, 4) is 22.3 Å². The molecule has 0 amide bonds. The maximum atomic E-state index is 13.7. The van der Waals surface area contributed by atoms with E-state index < -0.39 is 0 Å². The fourth-order valence-corrected chi connectivity index (χ4v) is 5.56. The van der Waals surface area contributed by atoms with Gasteiger partial charge in [-0.25, -0.2) is 9.38 Å². The topological polar surface area (TPSA) is 24.4 Å². The van der Waals surface area contributed by atoms with Gasteiger partial charge in [0.1, 0.15) is 11.7 Å². The maximum Gasteiger partial charge on any atom is 0.134 e. The molecule has 196 valence electrons. The fraction of sp³-hybridized carbons (Fsp3) is 0.0263. The van der Waals surface area contributed by atoms with Gasteiger partial charge in [-0.3, -0.25) is 0 Å². The van der Waals surface area contributed by atoms with Gasteiger partial charge < -0.3 is 5.32 Å². The SMILES string of the molecule is Fc1ccc(-c2ccc(C3=CC(c4cccc(-c5ccccc5)c4)NC(c4ccccc4)=N3)c3ccccc23)cc1. The third kappa shape index (κ3) is 4.94. The average molecular weight is 531 g/mol. The average Bonchev–Trinajstić information content (AvgIpc) is 3.05. The number of hydrogen-bond donors (Lipinski definition) is 1. The number of nitrogens with one attached hydrogen (secondary N) is 1. The van der Waals surface area contributed by atoms with Crippen molar-refractivity contribution in [1.82, 2.24) is 5.32 Å². The fourth-order valence-electron chi connectivity index (χ4n) is 5.56. The summed E-state index contributed by atoms with van der Waals surface area (Å²) in [4.78, 5) is 5.16. The van der Waals surface area contributed by atoms with Gasteiger partial charge in [-0.05, 0) is 62.9 Å². The van der Waals surface area contributed by atoms with E-state index in [-0.39, 0.29) is 11.9 Å². The lowest BCUT2D eigenvalue weighted by Crippen LogP contribution is -2.31. The number of rotatable bonds is 5. The normalized spacial score (nSPS) is 14.7. The summed E-state index contributed by atoms with van der Waals surface area (Å²) in [6, 6.07) is 48.7. The van der Waals surface area contributed by atoms with Gasteiger partial charge in [-0.2, -0.15) is 0 Å². The molecule has 1 N–H and O–H groups in total. The van der Waals surface area contributed by atoms with Crippen LogP contribution < -0.4 is 5.32 Å². The largest absolute Gasteiger partial charge is 0.359 e. The number of nitrogens with zero attached hydrogens (tertiary/aromatic N) is 1. The minimum absolute atomic E-state index is 0.0723. The Balaban J connectivity index is 1.37. The van der Waals surface area contributed by atoms with Crippen LogP contribution in [-0.2, 0) is 0 Å². The van der Waals surface area contributed by atoms with E-state index in [0.29, 0.717) is 0 Å². The van der Waals surface area contributed by atoms with Crippen molar-refractivity contribution in [1.29, 1.82) is 0 Å². The van der Waals surface area contributed by atoms with Gasteiger partial charge >= 0.3 is 0 Å². The molecular weight excluding hydrogens is 503 g/mol. The highest BCUT2D eigenvalue weighted by molar-refractivity contribution is 6.07. The Hall–Kier alpha value is -5.28. The van der Waals surface area contributed by atoms with Crippen LogP contribution in [0.5, 0.6) is 0 Å². The zero-order chi connectivity index (χ0) is 27.6. The molecule has 0 radical (unpaired) electrons. The smallest absolute Gasteiger partial charge is 0.134 e. The first-order chi connectivity index (χ1) is 20.2. The van der Waals surface area contributed by atoms with Crippen LogP contribution in [0.15, 0.2) is 157 Å². The highest BCUT2D eigenvalue weighted by Gasteiger charge is 2.21. The van der Waals surface area contributed by atoms with Gasteiger partial charge in [0.05, 0.1) is 11.7 Å². The van der Waals surface area contributed by atoms with Crippen LogP contribution in [0.3, 0.4) is 0 Å². The molecule has 1 aliphatic heterocycles. The molecule has 41 heavy (non-hydrogen) atoms. The second-order valence-corrected chi connectivity index (χ2v) is 10.2. The highest BCUT2D eigenvalue weighted by atomic mass is 19.1. The molecule has 3 heteroatoms. The Morgan fingerprint density at radius 3 is 1.85 bits per heavy atom. The van der Waals surface area contributed by atoms with Crippen molar-refractivity contribution < 1.29 is 4.39 Å². The van der Waals surface area contributed by atoms with Crippen LogP contribution in [0.1, 0.15) is 22.7 Å². The molecule has 0 bridgehead atoms. The van der Waals surface area contributed by atoms with Gasteiger partial charge in [0, 0.05) is 11.1 Å². The van der Waals surface area contributed by atoms with Gasteiger partial charge in [0.25, 0.3) is 0 Å². The second kappa shape index (κ2) is 10.7. The molecule has 2 nitrogen and oxygen atoms in total. The van der Waals surface area contributed by atoms with E-state index in [1.54, 1.807) is 0 Å².